The van der Waals surface area contributed by atoms with Crippen molar-refractivity contribution in [2.24, 2.45) is 11.8 Å². The molecular weight excluding hydrogens is 238 g/mol. The summed E-state index contributed by atoms with van der Waals surface area (Å²) in [5.41, 5.74) is 2.77. The fourth-order valence-electron chi connectivity index (χ4n) is 1.26. The molecule has 0 saturated heterocycles. The summed E-state index contributed by atoms with van der Waals surface area (Å²) in [5, 5.41) is 0. The Labute approximate surface area is 102 Å². The van der Waals surface area contributed by atoms with Crippen molar-refractivity contribution in [1.82, 2.24) is 4.72 Å². The Morgan fingerprint density at radius 1 is 1.18 bits per heavy atom. The number of nitrogens with two attached hydrogens (primary N) is 1. The Morgan fingerprint density at radius 3 is 2.29 bits per heavy atom. The van der Waals surface area contributed by atoms with Crippen LogP contribution in [0.3, 0.4) is 0 Å². The molecule has 0 heterocycles. The molecule has 0 fully saturated rings. The lowest BCUT2D eigenvalue weighted by molar-refractivity contribution is 0.476. The summed E-state index contributed by atoms with van der Waals surface area (Å²) >= 11 is 0. The molecule has 6 heteroatoms. The fraction of sp³-hybridized carbons (Fsp3) is 0.455. The number of hydrazine groups is 1. The van der Waals surface area contributed by atoms with E-state index in [2.05, 4.69) is 10.1 Å². The Hall–Kier alpha value is -1.11. The van der Waals surface area contributed by atoms with E-state index in [4.69, 9.17) is 5.84 Å². The summed E-state index contributed by atoms with van der Waals surface area (Å²) < 4.78 is 26.9. The van der Waals surface area contributed by atoms with E-state index in [-0.39, 0.29) is 16.9 Å². The Bertz CT molecular complexity index is 471. The van der Waals surface area contributed by atoms with Gasteiger partial charge in [-0.3, -0.25) is 5.84 Å². The minimum absolute atomic E-state index is 0.133. The molecule has 0 saturated carbocycles. The van der Waals surface area contributed by atoms with Gasteiger partial charge in [-0.2, -0.15) is 0 Å². The average Bonchev–Trinajstić information content (AvgIpc) is 2.28. The van der Waals surface area contributed by atoms with Gasteiger partial charge < -0.3 is 5.43 Å². The van der Waals surface area contributed by atoms with E-state index >= 15 is 0 Å². The number of para-hydroxylation sites is 1. The second-order valence-corrected chi connectivity index (χ2v) is 5.98. The summed E-state index contributed by atoms with van der Waals surface area (Å²) in [5.74, 6) is 5.52. The van der Waals surface area contributed by atoms with E-state index in [1.165, 1.54) is 6.07 Å². The number of nitrogen functional groups attached to an aromatic ring is 1. The molecule has 1 aromatic rings. The fourth-order valence-corrected chi connectivity index (χ4v) is 2.83. The number of anilines is 1. The van der Waals surface area contributed by atoms with Crippen LogP contribution < -0.4 is 16.0 Å². The third-order valence-electron chi connectivity index (χ3n) is 2.67. The number of hydrogen-bond acceptors (Lipinski definition) is 4. The summed E-state index contributed by atoms with van der Waals surface area (Å²) in [6.45, 7) is 5.75. The lowest BCUT2D eigenvalue weighted by atomic mass is 10.1. The molecule has 1 rings (SSSR count). The highest BCUT2D eigenvalue weighted by Gasteiger charge is 2.21. The first-order valence-electron chi connectivity index (χ1n) is 5.46. The van der Waals surface area contributed by atoms with Crippen LogP contribution in [0.25, 0.3) is 0 Å². The molecule has 1 atom stereocenters. The summed E-state index contributed by atoms with van der Waals surface area (Å²) in [6, 6.07) is 6.39. The first-order chi connectivity index (χ1) is 7.88. The Kier molecular flexibility index (Phi) is 4.50. The maximum absolute atomic E-state index is 12.1. The van der Waals surface area contributed by atoms with Crippen LogP contribution in [0.1, 0.15) is 20.8 Å². The van der Waals surface area contributed by atoms with E-state index in [0.717, 1.165) is 0 Å². The van der Waals surface area contributed by atoms with E-state index in [0.29, 0.717) is 5.69 Å². The third-order valence-corrected chi connectivity index (χ3v) is 4.29. The van der Waals surface area contributed by atoms with Gasteiger partial charge in [0.15, 0.2) is 0 Å². The van der Waals surface area contributed by atoms with Gasteiger partial charge in [0.25, 0.3) is 0 Å². The molecule has 0 radical (unpaired) electrons. The van der Waals surface area contributed by atoms with E-state index in [9.17, 15) is 8.42 Å². The molecule has 0 spiro atoms. The SMILES string of the molecule is CC(C)C(C)NS(=O)(=O)c1ccccc1NN. The molecule has 17 heavy (non-hydrogen) atoms. The van der Waals surface area contributed by atoms with Crippen LogP contribution >= 0.6 is 0 Å². The normalized spacial score (nSPS) is 13.7. The van der Waals surface area contributed by atoms with Crippen LogP contribution in [0.15, 0.2) is 29.2 Å². The molecule has 5 nitrogen and oxygen atoms in total. The van der Waals surface area contributed by atoms with Crippen LogP contribution in [-0.2, 0) is 10.0 Å². The van der Waals surface area contributed by atoms with Gasteiger partial charge >= 0.3 is 0 Å². The summed E-state index contributed by atoms with van der Waals surface area (Å²) in [4.78, 5) is 0.162. The van der Waals surface area contributed by atoms with Crippen molar-refractivity contribution in [3.8, 4) is 0 Å². The van der Waals surface area contributed by atoms with Crippen molar-refractivity contribution in [2.45, 2.75) is 31.7 Å². The number of nitrogens with one attached hydrogen (secondary N) is 2. The minimum atomic E-state index is -3.54. The molecular formula is C11H19N3O2S. The Morgan fingerprint density at radius 2 is 1.76 bits per heavy atom. The van der Waals surface area contributed by atoms with Crippen molar-refractivity contribution < 1.29 is 8.42 Å². The standard InChI is InChI=1S/C11H19N3O2S/c1-8(2)9(3)14-17(15,16)11-7-5-4-6-10(11)13-12/h4-9,13-14H,12H2,1-3H3. The van der Waals surface area contributed by atoms with Crippen molar-refractivity contribution in [2.75, 3.05) is 5.43 Å². The van der Waals surface area contributed by atoms with Crippen LogP contribution in [0.2, 0.25) is 0 Å². The second kappa shape index (κ2) is 5.48. The minimum Gasteiger partial charge on any atom is -0.323 e. The van der Waals surface area contributed by atoms with Crippen molar-refractivity contribution >= 4 is 15.7 Å². The maximum atomic E-state index is 12.1. The summed E-state index contributed by atoms with van der Waals surface area (Å²) in [7, 11) is -3.54. The molecule has 0 aliphatic rings. The first-order valence-corrected chi connectivity index (χ1v) is 6.94. The van der Waals surface area contributed by atoms with Gasteiger partial charge in [-0.1, -0.05) is 26.0 Å². The number of rotatable bonds is 5. The molecule has 0 aliphatic heterocycles. The quantitative estimate of drug-likeness (QED) is 0.548. The van der Waals surface area contributed by atoms with Crippen LogP contribution in [-0.4, -0.2) is 14.5 Å². The third kappa shape index (κ3) is 3.42. The molecule has 0 aliphatic carbocycles. The van der Waals surface area contributed by atoms with Gasteiger partial charge in [0.1, 0.15) is 4.90 Å². The molecule has 1 aromatic carbocycles. The highest BCUT2D eigenvalue weighted by Crippen LogP contribution is 2.20. The van der Waals surface area contributed by atoms with Crippen LogP contribution in [0, 0.1) is 5.92 Å². The van der Waals surface area contributed by atoms with Crippen molar-refractivity contribution in [1.29, 1.82) is 0 Å². The first kappa shape index (κ1) is 14.0. The molecule has 4 N–H and O–H groups in total. The molecule has 0 bridgehead atoms. The van der Waals surface area contributed by atoms with Crippen molar-refractivity contribution in [3.63, 3.8) is 0 Å². The number of hydrogen-bond donors (Lipinski definition) is 3. The summed E-state index contributed by atoms with van der Waals surface area (Å²) in [6.07, 6.45) is 0. The van der Waals surface area contributed by atoms with Gasteiger partial charge in [-0.15, -0.1) is 0 Å². The zero-order valence-electron chi connectivity index (χ0n) is 10.3. The molecule has 0 amide bonds. The highest BCUT2D eigenvalue weighted by atomic mass is 32.2. The van der Waals surface area contributed by atoms with Gasteiger partial charge in [0, 0.05) is 6.04 Å². The van der Waals surface area contributed by atoms with E-state index in [1.54, 1.807) is 18.2 Å². The predicted molar refractivity (Wildman–Crippen MR) is 68.9 cm³/mol. The maximum Gasteiger partial charge on any atom is 0.242 e. The zero-order chi connectivity index (χ0) is 13.1. The zero-order valence-corrected chi connectivity index (χ0v) is 11.1. The van der Waals surface area contributed by atoms with Gasteiger partial charge in [-0.25, -0.2) is 13.1 Å². The highest BCUT2D eigenvalue weighted by molar-refractivity contribution is 7.89. The monoisotopic (exact) mass is 257 g/mol. The molecule has 1 unspecified atom stereocenters. The smallest absolute Gasteiger partial charge is 0.242 e. The lowest BCUT2D eigenvalue weighted by Gasteiger charge is -2.18. The molecule has 96 valence electrons. The van der Waals surface area contributed by atoms with E-state index < -0.39 is 10.0 Å². The van der Waals surface area contributed by atoms with E-state index in [1.807, 2.05) is 20.8 Å². The van der Waals surface area contributed by atoms with Gasteiger partial charge in [-0.05, 0) is 25.0 Å². The van der Waals surface area contributed by atoms with Crippen LogP contribution in [0.5, 0.6) is 0 Å². The largest absolute Gasteiger partial charge is 0.323 e. The van der Waals surface area contributed by atoms with Crippen LogP contribution in [0.4, 0.5) is 5.69 Å². The molecule has 0 aromatic heterocycles. The van der Waals surface area contributed by atoms with Crippen molar-refractivity contribution in [3.05, 3.63) is 24.3 Å². The Balaban J connectivity index is 3.05. The predicted octanol–water partition coefficient (Wildman–Crippen LogP) is 1.29. The second-order valence-electron chi connectivity index (χ2n) is 4.29. The number of sulfonamides is 1. The topological polar surface area (TPSA) is 84.2 Å². The lowest BCUT2D eigenvalue weighted by Crippen LogP contribution is -2.36. The van der Waals surface area contributed by atoms with Gasteiger partial charge in [0.2, 0.25) is 10.0 Å². The number of benzene rings is 1. The average molecular weight is 257 g/mol. The van der Waals surface area contributed by atoms with Gasteiger partial charge in [0.05, 0.1) is 5.69 Å².